The van der Waals surface area contributed by atoms with Gasteiger partial charge in [-0.1, -0.05) is 18.2 Å². The van der Waals surface area contributed by atoms with Gasteiger partial charge in [0.1, 0.15) is 9.73 Å². The van der Waals surface area contributed by atoms with E-state index in [0.29, 0.717) is 12.1 Å². The summed E-state index contributed by atoms with van der Waals surface area (Å²) in [5.41, 5.74) is 0. The molecule has 0 spiro atoms. The molecule has 1 atom stereocenters. The van der Waals surface area contributed by atoms with Gasteiger partial charge in [-0.2, -0.15) is 39.5 Å². The van der Waals surface area contributed by atoms with Crippen LogP contribution in [0.1, 0.15) is 0 Å². The molecule has 0 aliphatic heterocycles. The monoisotopic (exact) mass is 359 g/mol. The summed E-state index contributed by atoms with van der Waals surface area (Å²) < 4.78 is 133. The van der Waals surface area contributed by atoms with Gasteiger partial charge in [-0.15, -0.1) is 0 Å². The first-order valence-corrected chi connectivity index (χ1v) is 6.70. The molecule has 0 heterocycles. The second kappa shape index (κ2) is 5.03. The van der Waals surface area contributed by atoms with Crippen molar-refractivity contribution in [3.8, 4) is 0 Å². The van der Waals surface area contributed by atoms with Crippen molar-refractivity contribution < 1.29 is 43.7 Å². The van der Waals surface area contributed by atoms with Crippen LogP contribution in [0.25, 0.3) is 0 Å². The van der Waals surface area contributed by atoms with Gasteiger partial charge in [-0.05, 0) is 12.1 Å². The highest BCUT2D eigenvalue weighted by molar-refractivity contribution is 7.93. The SMILES string of the molecule is N=[S@](=O)(c1ccccc1)C(F)(F)C(F)(F)C(F)(F)C(F)(F)F. The highest BCUT2D eigenvalue weighted by Crippen LogP contribution is 2.55. The topological polar surface area (TPSA) is 40.9 Å². The molecule has 0 bridgehead atoms. The number of rotatable bonds is 4. The summed E-state index contributed by atoms with van der Waals surface area (Å²) in [6.45, 7) is 0. The van der Waals surface area contributed by atoms with Crippen molar-refractivity contribution in [2.24, 2.45) is 0 Å². The minimum absolute atomic E-state index is 0.477. The van der Waals surface area contributed by atoms with E-state index in [1.165, 1.54) is 0 Å². The predicted octanol–water partition coefficient (Wildman–Crippen LogP) is 4.52. The molecule has 12 heteroatoms. The van der Waals surface area contributed by atoms with Gasteiger partial charge >= 0.3 is 23.3 Å². The Balaban J connectivity index is 3.52. The standard InChI is InChI=1S/C10H6F9NOS/c11-7(12,9(15,16)17)8(13,14)10(18,19)22(20,21)6-4-2-1-3-5-6/h1-5,20H/t22-/m0/s1. The van der Waals surface area contributed by atoms with Gasteiger partial charge in [0.15, 0.2) is 0 Å². The van der Waals surface area contributed by atoms with Crippen LogP contribution >= 0.6 is 0 Å². The molecule has 1 aromatic carbocycles. The van der Waals surface area contributed by atoms with Crippen molar-refractivity contribution in [1.82, 2.24) is 0 Å². The van der Waals surface area contributed by atoms with Crippen LogP contribution in [0.3, 0.4) is 0 Å². The molecule has 0 saturated heterocycles. The second-order valence-electron chi connectivity index (χ2n) is 4.03. The number of alkyl halides is 9. The summed E-state index contributed by atoms with van der Waals surface area (Å²) in [5, 5.41) is -6.47. The first kappa shape index (κ1) is 18.6. The summed E-state index contributed by atoms with van der Waals surface area (Å²) >= 11 is 0. The quantitative estimate of drug-likeness (QED) is 0.789. The molecule has 126 valence electrons. The first-order chi connectivity index (χ1) is 9.61. The maximum Gasteiger partial charge on any atom is 0.460 e. The summed E-state index contributed by atoms with van der Waals surface area (Å²) in [6.07, 6.45) is -7.02. The molecule has 22 heavy (non-hydrogen) atoms. The van der Waals surface area contributed by atoms with E-state index in [1.54, 1.807) is 0 Å². The average Bonchev–Trinajstić information content (AvgIpc) is 2.37. The fourth-order valence-electron chi connectivity index (χ4n) is 1.30. The average molecular weight is 359 g/mol. The van der Waals surface area contributed by atoms with Crippen LogP contribution < -0.4 is 0 Å². The van der Waals surface area contributed by atoms with Gasteiger partial charge < -0.3 is 0 Å². The minimum atomic E-state index is -7.18. The lowest BCUT2D eigenvalue weighted by Crippen LogP contribution is -2.63. The van der Waals surface area contributed by atoms with E-state index in [4.69, 9.17) is 4.78 Å². The van der Waals surface area contributed by atoms with Crippen LogP contribution in [0.2, 0.25) is 0 Å². The van der Waals surface area contributed by atoms with Crippen LogP contribution in [0.5, 0.6) is 0 Å². The Labute approximate surface area is 117 Å². The van der Waals surface area contributed by atoms with Crippen LogP contribution in [-0.2, 0) is 9.73 Å². The molecule has 0 amide bonds. The lowest BCUT2D eigenvalue weighted by Gasteiger charge is -2.34. The van der Waals surface area contributed by atoms with Crippen molar-refractivity contribution >= 4 is 9.73 Å². The van der Waals surface area contributed by atoms with E-state index in [9.17, 15) is 43.7 Å². The molecule has 0 radical (unpaired) electrons. The van der Waals surface area contributed by atoms with Gasteiger partial charge in [0.05, 0.1) is 4.90 Å². The van der Waals surface area contributed by atoms with Crippen LogP contribution in [0, 0.1) is 4.78 Å². The summed E-state index contributed by atoms with van der Waals surface area (Å²) in [7, 11) is -6.00. The number of nitrogens with one attached hydrogen (secondary N) is 1. The fraction of sp³-hybridized carbons (Fsp3) is 0.400. The maximum atomic E-state index is 13.5. The van der Waals surface area contributed by atoms with Crippen LogP contribution in [0.4, 0.5) is 39.5 Å². The molecule has 0 aliphatic carbocycles. The summed E-state index contributed by atoms with van der Waals surface area (Å²) in [6, 6.07) is 3.84. The van der Waals surface area contributed by atoms with Gasteiger partial charge in [0, 0.05) is 0 Å². The summed E-state index contributed by atoms with van der Waals surface area (Å²) in [4.78, 5) is -1.31. The molecule has 0 aliphatic rings. The molecule has 1 rings (SSSR count). The molecular formula is C10H6F9NOS. The molecule has 2 nitrogen and oxygen atoms in total. The Morgan fingerprint density at radius 2 is 1.18 bits per heavy atom. The highest BCUT2D eigenvalue weighted by atomic mass is 32.2. The normalized spacial score (nSPS) is 17.1. The number of benzene rings is 1. The van der Waals surface area contributed by atoms with Gasteiger partial charge in [-0.3, -0.25) is 0 Å². The first-order valence-electron chi connectivity index (χ1n) is 5.14. The Kier molecular flexibility index (Phi) is 4.25. The summed E-state index contributed by atoms with van der Waals surface area (Å²) in [5.74, 6) is -14.3. The van der Waals surface area contributed by atoms with Crippen LogP contribution in [-0.4, -0.2) is 27.5 Å². The zero-order valence-corrected chi connectivity index (χ0v) is 10.9. The number of hydrogen-bond acceptors (Lipinski definition) is 2. The van der Waals surface area contributed by atoms with Gasteiger partial charge in [-0.25, -0.2) is 8.99 Å². The predicted molar refractivity (Wildman–Crippen MR) is 56.5 cm³/mol. The van der Waals surface area contributed by atoms with Gasteiger partial charge in [0.2, 0.25) is 0 Å². The Hall–Kier alpha value is -1.46. The second-order valence-corrected chi connectivity index (χ2v) is 6.13. The number of hydrogen-bond donors (Lipinski definition) is 1. The maximum absolute atomic E-state index is 13.5. The van der Waals surface area contributed by atoms with Crippen molar-refractivity contribution in [2.45, 2.75) is 28.2 Å². The van der Waals surface area contributed by atoms with Gasteiger partial charge in [0.25, 0.3) is 0 Å². The molecule has 1 N–H and O–H groups in total. The third kappa shape index (κ3) is 2.42. The molecule has 1 aromatic rings. The minimum Gasteiger partial charge on any atom is -0.244 e. The Morgan fingerprint density at radius 1 is 0.773 bits per heavy atom. The van der Waals surface area contributed by atoms with E-state index >= 15 is 0 Å². The largest absolute Gasteiger partial charge is 0.460 e. The highest BCUT2D eigenvalue weighted by Gasteiger charge is 2.84. The van der Waals surface area contributed by atoms with E-state index in [0.717, 1.165) is 18.2 Å². The Bertz CT molecular complexity index is 636. The third-order valence-corrected chi connectivity index (χ3v) is 4.47. The molecule has 0 saturated carbocycles. The zero-order chi connectivity index (χ0) is 17.6. The fourth-order valence-corrected chi connectivity index (χ4v) is 2.63. The smallest absolute Gasteiger partial charge is 0.244 e. The lowest BCUT2D eigenvalue weighted by molar-refractivity contribution is -0.382. The Morgan fingerprint density at radius 3 is 1.55 bits per heavy atom. The number of halogens is 9. The lowest BCUT2D eigenvalue weighted by atomic mass is 10.1. The third-order valence-electron chi connectivity index (χ3n) is 2.55. The zero-order valence-electron chi connectivity index (χ0n) is 10.1. The van der Waals surface area contributed by atoms with E-state index in [2.05, 4.69) is 0 Å². The molecular weight excluding hydrogens is 353 g/mol. The van der Waals surface area contributed by atoms with E-state index < -0.39 is 37.9 Å². The molecule has 0 unspecified atom stereocenters. The molecule has 0 aromatic heterocycles. The van der Waals surface area contributed by atoms with Crippen molar-refractivity contribution in [3.63, 3.8) is 0 Å². The van der Waals surface area contributed by atoms with E-state index in [1.807, 2.05) is 0 Å². The van der Waals surface area contributed by atoms with Crippen molar-refractivity contribution in [3.05, 3.63) is 30.3 Å². The van der Waals surface area contributed by atoms with E-state index in [-0.39, 0.29) is 0 Å². The van der Waals surface area contributed by atoms with Crippen molar-refractivity contribution in [1.29, 1.82) is 4.78 Å². The molecule has 0 fully saturated rings. The van der Waals surface area contributed by atoms with Crippen LogP contribution in [0.15, 0.2) is 35.2 Å². The van der Waals surface area contributed by atoms with Crippen molar-refractivity contribution in [2.75, 3.05) is 0 Å².